The molecule has 0 aromatic carbocycles. The molecule has 0 aromatic rings. The van der Waals surface area contributed by atoms with Crippen LogP contribution >= 0.6 is 0 Å². The maximum absolute atomic E-state index is 13.1. The summed E-state index contributed by atoms with van der Waals surface area (Å²) in [5, 5.41) is 0. The predicted octanol–water partition coefficient (Wildman–Crippen LogP) is 0.995. The highest BCUT2D eigenvalue weighted by Crippen LogP contribution is 2.28. The zero-order chi connectivity index (χ0) is 22.0. The largest absolute Gasteiger partial charge is 0.471 e. The van der Waals surface area contributed by atoms with E-state index < -0.39 is 42.1 Å². The molecule has 0 heterocycles. The standard InChI is InChI=1S/C17H20F3NO7/c1-5-11-21(13(23)17(18,19)20)16(14(24)27-7-3,15(25)28-8-4)10-9-12(22)26-6-2/h1,9-10H,6-8,11H2,2-4H3/b10-9-. The molecule has 0 aliphatic rings. The summed E-state index contributed by atoms with van der Waals surface area (Å²) in [6.45, 7) is 2.19. The highest BCUT2D eigenvalue weighted by atomic mass is 19.4. The van der Waals surface area contributed by atoms with Crippen LogP contribution in [0.1, 0.15) is 20.8 Å². The molecule has 0 spiro atoms. The number of ether oxygens (including phenoxy) is 3. The fraction of sp³-hybridized carbons (Fsp3) is 0.529. The number of nitrogens with zero attached hydrogens (tertiary/aromatic N) is 1. The van der Waals surface area contributed by atoms with E-state index in [0.29, 0.717) is 12.2 Å². The molecule has 0 saturated carbocycles. The van der Waals surface area contributed by atoms with Gasteiger partial charge < -0.3 is 14.2 Å². The maximum Gasteiger partial charge on any atom is 0.471 e. The molecule has 28 heavy (non-hydrogen) atoms. The molecule has 11 heteroatoms. The highest BCUT2D eigenvalue weighted by molar-refractivity contribution is 6.11. The molecule has 0 N–H and O–H groups in total. The number of hydrogen-bond donors (Lipinski definition) is 0. The van der Waals surface area contributed by atoms with Crippen molar-refractivity contribution in [3.8, 4) is 12.3 Å². The van der Waals surface area contributed by atoms with Gasteiger partial charge in [-0.2, -0.15) is 13.2 Å². The van der Waals surface area contributed by atoms with Gasteiger partial charge in [-0.05, 0) is 26.8 Å². The molecule has 0 bridgehead atoms. The Morgan fingerprint density at radius 2 is 1.43 bits per heavy atom. The van der Waals surface area contributed by atoms with Gasteiger partial charge in [0.25, 0.3) is 5.54 Å². The van der Waals surface area contributed by atoms with Crippen molar-refractivity contribution in [1.29, 1.82) is 0 Å². The monoisotopic (exact) mass is 407 g/mol. The van der Waals surface area contributed by atoms with E-state index in [1.807, 2.05) is 0 Å². The highest BCUT2D eigenvalue weighted by Gasteiger charge is 2.59. The number of carbonyl (C=O) groups excluding carboxylic acids is 4. The summed E-state index contributed by atoms with van der Waals surface area (Å²) >= 11 is 0. The van der Waals surface area contributed by atoms with Crippen LogP contribution in [0.4, 0.5) is 13.2 Å². The summed E-state index contributed by atoms with van der Waals surface area (Å²) in [6, 6.07) is 0. The molecule has 0 atom stereocenters. The fourth-order valence-electron chi connectivity index (χ4n) is 1.99. The second kappa shape index (κ2) is 11.0. The third kappa shape index (κ3) is 6.00. The SMILES string of the molecule is C#CCN(C(=O)C(F)(F)F)C(/C=C\C(=O)OCC)(C(=O)OCC)C(=O)OCC. The van der Waals surface area contributed by atoms with Gasteiger partial charge in [0.2, 0.25) is 0 Å². The van der Waals surface area contributed by atoms with Crippen molar-refractivity contribution >= 4 is 23.8 Å². The van der Waals surface area contributed by atoms with E-state index in [1.165, 1.54) is 20.8 Å². The lowest BCUT2D eigenvalue weighted by Crippen LogP contribution is -2.64. The third-order valence-corrected chi connectivity index (χ3v) is 3.08. The van der Waals surface area contributed by atoms with E-state index in [2.05, 4.69) is 14.2 Å². The van der Waals surface area contributed by atoms with Gasteiger partial charge in [-0.3, -0.25) is 9.69 Å². The van der Waals surface area contributed by atoms with Crippen LogP contribution in [-0.4, -0.2) is 66.8 Å². The van der Waals surface area contributed by atoms with Crippen molar-refractivity contribution in [2.45, 2.75) is 32.5 Å². The summed E-state index contributed by atoms with van der Waals surface area (Å²) in [7, 11) is 0. The first kappa shape index (κ1) is 25.0. The third-order valence-electron chi connectivity index (χ3n) is 3.08. The van der Waals surface area contributed by atoms with Crippen LogP contribution in [0.3, 0.4) is 0 Å². The molecular weight excluding hydrogens is 387 g/mol. The van der Waals surface area contributed by atoms with Crippen molar-refractivity contribution in [3.63, 3.8) is 0 Å². The summed E-state index contributed by atoms with van der Waals surface area (Å²) in [5.41, 5.74) is -3.09. The number of amides is 1. The maximum atomic E-state index is 13.1. The molecule has 0 aliphatic heterocycles. The Hall–Kier alpha value is -3.03. The van der Waals surface area contributed by atoms with E-state index >= 15 is 0 Å². The number of alkyl halides is 3. The Kier molecular flexibility index (Phi) is 9.77. The van der Waals surface area contributed by atoms with E-state index in [4.69, 9.17) is 6.42 Å². The number of hydrogen-bond acceptors (Lipinski definition) is 7. The van der Waals surface area contributed by atoms with Gasteiger partial charge in [-0.15, -0.1) is 6.42 Å². The number of terminal acetylenes is 1. The Labute approximate surface area is 159 Å². The van der Waals surface area contributed by atoms with E-state index in [9.17, 15) is 32.3 Å². The summed E-state index contributed by atoms with van der Waals surface area (Å²) in [6.07, 6.45) is 0.505. The van der Waals surface area contributed by atoms with Gasteiger partial charge in [0, 0.05) is 6.08 Å². The molecule has 0 fully saturated rings. The van der Waals surface area contributed by atoms with E-state index in [-0.39, 0.29) is 24.7 Å². The van der Waals surface area contributed by atoms with Gasteiger partial charge in [-0.1, -0.05) is 5.92 Å². The number of esters is 3. The molecule has 1 amide bonds. The van der Waals surface area contributed by atoms with Gasteiger partial charge >= 0.3 is 30.0 Å². The molecule has 8 nitrogen and oxygen atoms in total. The Morgan fingerprint density at radius 1 is 0.964 bits per heavy atom. The molecular formula is C17H20F3NO7. The van der Waals surface area contributed by atoms with Gasteiger partial charge in [0.15, 0.2) is 0 Å². The fourth-order valence-corrected chi connectivity index (χ4v) is 1.99. The minimum Gasteiger partial charge on any atom is -0.464 e. The molecule has 156 valence electrons. The topological polar surface area (TPSA) is 99.2 Å². The predicted molar refractivity (Wildman–Crippen MR) is 88.4 cm³/mol. The number of carbonyl (C=O) groups is 4. The van der Waals surface area contributed by atoms with Crippen LogP contribution in [0.5, 0.6) is 0 Å². The van der Waals surface area contributed by atoms with Crippen LogP contribution < -0.4 is 0 Å². The van der Waals surface area contributed by atoms with Crippen LogP contribution in [0.2, 0.25) is 0 Å². The van der Waals surface area contributed by atoms with Crippen LogP contribution in [0.25, 0.3) is 0 Å². The van der Waals surface area contributed by atoms with Crippen molar-refractivity contribution < 1.29 is 46.6 Å². The lowest BCUT2D eigenvalue weighted by atomic mass is 9.95. The minimum atomic E-state index is -5.49. The first-order chi connectivity index (χ1) is 13.0. The van der Waals surface area contributed by atoms with Gasteiger partial charge in [0.05, 0.1) is 26.4 Å². The van der Waals surface area contributed by atoms with Gasteiger partial charge in [-0.25, -0.2) is 14.4 Å². The Balaban J connectivity index is 6.74. The van der Waals surface area contributed by atoms with Crippen molar-refractivity contribution in [3.05, 3.63) is 12.2 Å². The molecule has 0 rings (SSSR count). The van der Waals surface area contributed by atoms with Crippen molar-refractivity contribution in [1.82, 2.24) is 4.90 Å². The quantitative estimate of drug-likeness (QED) is 0.185. The summed E-state index contributed by atoms with van der Waals surface area (Å²) < 4.78 is 53.2. The molecule has 0 radical (unpaired) electrons. The van der Waals surface area contributed by atoms with Crippen molar-refractivity contribution in [2.75, 3.05) is 26.4 Å². The summed E-state index contributed by atoms with van der Waals surface area (Å²) in [4.78, 5) is 48.4. The normalized spacial score (nSPS) is 11.5. The van der Waals surface area contributed by atoms with Crippen LogP contribution in [-0.2, 0) is 33.4 Å². The second-order valence-electron chi connectivity index (χ2n) is 4.89. The smallest absolute Gasteiger partial charge is 0.464 e. The number of halogens is 3. The van der Waals surface area contributed by atoms with Crippen molar-refractivity contribution in [2.24, 2.45) is 0 Å². The van der Waals surface area contributed by atoms with Crippen LogP contribution in [0.15, 0.2) is 12.2 Å². The second-order valence-corrected chi connectivity index (χ2v) is 4.89. The summed E-state index contributed by atoms with van der Waals surface area (Å²) in [5.74, 6) is -5.07. The zero-order valence-corrected chi connectivity index (χ0v) is 15.5. The zero-order valence-electron chi connectivity index (χ0n) is 15.5. The Morgan fingerprint density at radius 3 is 1.79 bits per heavy atom. The first-order valence-corrected chi connectivity index (χ1v) is 8.05. The van der Waals surface area contributed by atoms with Gasteiger partial charge in [0.1, 0.15) is 0 Å². The lowest BCUT2D eigenvalue weighted by molar-refractivity contribution is -0.197. The Bertz CT molecular complexity index is 647. The average Bonchev–Trinajstić information content (AvgIpc) is 2.60. The molecule has 0 aromatic heterocycles. The number of rotatable bonds is 9. The molecule has 0 unspecified atom stereocenters. The molecule has 0 aliphatic carbocycles. The van der Waals surface area contributed by atoms with Crippen LogP contribution in [0, 0.1) is 12.3 Å². The van der Waals surface area contributed by atoms with E-state index in [1.54, 1.807) is 5.92 Å². The van der Waals surface area contributed by atoms with E-state index in [0.717, 1.165) is 0 Å². The minimum absolute atomic E-state index is 0.0927. The average molecular weight is 407 g/mol. The molecule has 0 saturated heterocycles. The lowest BCUT2D eigenvalue weighted by Gasteiger charge is -2.36. The first-order valence-electron chi connectivity index (χ1n) is 8.05.